The number of primary amides is 1. The van der Waals surface area contributed by atoms with Crippen molar-refractivity contribution in [2.24, 2.45) is 5.73 Å². The van der Waals surface area contributed by atoms with Gasteiger partial charge in [-0.3, -0.25) is 4.79 Å². The van der Waals surface area contributed by atoms with E-state index >= 15 is 0 Å². The summed E-state index contributed by atoms with van der Waals surface area (Å²) < 4.78 is 31.6. The van der Waals surface area contributed by atoms with Crippen molar-refractivity contribution in [2.45, 2.75) is 24.7 Å². The number of aromatic carboxylic acids is 1. The Kier molecular flexibility index (Phi) is 7.51. The van der Waals surface area contributed by atoms with Crippen molar-refractivity contribution in [2.75, 3.05) is 4.72 Å². The van der Waals surface area contributed by atoms with E-state index in [1.807, 2.05) is 6.92 Å². The van der Waals surface area contributed by atoms with Crippen molar-refractivity contribution >= 4 is 39.1 Å². The maximum Gasteiger partial charge on any atom is 0.343 e. The van der Waals surface area contributed by atoms with Gasteiger partial charge in [-0.1, -0.05) is 30.3 Å². The number of sulfonamides is 1. The maximum atomic E-state index is 12.3. The highest BCUT2D eigenvalue weighted by Gasteiger charge is 2.27. The topological polar surface area (TPSA) is 153 Å². The summed E-state index contributed by atoms with van der Waals surface area (Å²) in [5.74, 6) is -1.97. The number of carbonyl (C=O) groups is 2. The van der Waals surface area contributed by atoms with E-state index in [0.717, 1.165) is 6.42 Å². The number of nitrogens with zero attached hydrogens (tertiary/aromatic N) is 1. The third kappa shape index (κ3) is 5.90. The summed E-state index contributed by atoms with van der Waals surface area (Å²) in [6, 6.07) is 9.24. The number of aromatic nitrogens is 1. The lowest BCUT2D eigenvalue weighted by Crippen LogP contribution is -2.14. The molecule has 0 radical (unpaired) electrons. The van der Waals surface area contributed by atoms with Crippen LogP contribution in [0.25, 0.3) is 11.3 Å². The van der Waals surface area contributed by atoms with Gasteiger partial charge < -0.3 is 15.4 Å². The molecule has 0 saturated carbocycles. The van der Waals surface area contributed by atoms with Crippen LogP contribution in [0.3, 0.4) is 0 Å². The largest absolute Gasteiger partial charge is 0.477 e. The Labute approximate surface area is 171 Å². The van der Waals surface area contributed by atoms with Crippen LogP contribution < -0.4 is 10.5 Å². The van der Waals surface area contributed by atoms with E-state index in [4.69, 9.17) is 10.3 Å². The number of thiophene rings is 1. The standard InChI is InChI=1S/C14H10N2O5S2.C4H9NO/c17-14(18)11-12(9-6-7-22-8-9)15-21-13(11)16-23(19,20)10-4-2-1-3-5-10;1-2-3-4(5)6/h1-8,16H,(H,17,18);2-3H2,1H3,(H2,5,6). The number of hydrogen-bond acceptors (Lipinski definition) is 7. The molecule has 0 unspecified atom stereocenters. The summed E-state index contributed by atoms with van der Waals surface area (Å²) in [7, 11) is -3.97. The molecule has 0 spiro atoms. The number of carboxylic acids is 1. The van der Waals surface area contributed by atoms with E-state index in [1.54, 1.807) is 35.0 Å². The molecule has 4 N–H and O–H groups in total. The monoisotopic (exact) mass is 437 g/mol. The average molecular weight is 437 g/mol. The van der Waals surface area contributed by atoms with Gasteiger partial charge in [0.1, 0.15) is 5.69 Å². The van der Waals surface area contributed by atoms with Crippen LogP contribution in [0.15, 0.2) is 56.6 Å². The number of benzene rings is 1. The molecule has 2 heterocycles. The highest BCUT2D eigenvalue weighted by atomic mass is 32.2. The molecule has 3 aromatic rings. The molecular weight excluding hydrogens is 418 g/mol. The summed E-state index contributed by atoms with van der Waals surface area (Å²) in [6.07, 6.45) is 1.37. The van der Waals surface area contributed by atoms with Crippen LogP contribution in [0.2, 0.25) is 0 Å². The molecule has 1 amide bonds. The summed E-state index contributed by atoms with van der Waals surface area (Å²) in [5, 5.41) is 16.5. The molecule has 0 fully saturated rings. The third-order valence-electron chi connectivity index (χ3n) is 3.48. The van der Waals surface area contributed by atoms with Crippen molar-refractivity contribution in [1.82, 2.24) is 5.16 Å². The first-order chi connectivity index (χ1) is 13.8. The zero-order valence-electron chi connectivity index (χ0n) is 15.4. The molecule has 2 aromatic heterocycles. The molecule has 0 bridgehead atoms. The molecular formula is C18H19N3O6S2. The van der Waals surface area contributed by atoms with Crippen LogP contribution in [0.5, 0.6) is 0 Å². The number of nitrogens with one attached hydrogen (secondary N) is 1. The van der Waals surface area contributed by atoms with Gasteiger partial charge >= 0.3 is 5.97 Å². The molecule has 154 valence electrons. The Hall–Kier alpha value is -3.18. The Bertz CT molecular complexity index is 1060. The Morgan fingerprint density at radius 3 is 2.41 bits per heavy atom. The van der Waals surface area contributed by atoms with Gasteiger partial charge in [-0.15, -0.1) is 0 Å². The minimum atomic E-state index is -3.97. The Morgan fingerprint density at radius 1 is 1.24 bits per heavy atom. The number of nitrogens with two attached hydrogens (primary N) is 1. The summed E-state index contributed by atoms with van der Waals surface area (Å²) >= 11 is 1.36. The summed E-state index contributed by atoms with van der Waals surface area (Å²) in [5.41, 5.74) is 5.05. The molecule has 3 rings (SSSR count). The van der Waals surface area contributed by atoms with Crippen LogP contribution in [0, 0.1) is 0 Å². The highest BCUT2D eigenvalue weighted by molar-refractivity contribution is 7.92. The quantitative estimate of drug-likeness (QED) is 0.513. The fraction of sp³-hybridized carbons (Fsp3) is 0.167. The van der Waals surface area contributed by atoms with E-state index in [-0.39, 0.29) is 22.1 Å². The second kappa shape index (κ2) is 9.85. The first-order valence-electron chi connectivity index (χ1n) is 8.38. The van der Waals surface area contributed by atoms with Gasteiger partial charge in [-0.05, 0) is 30.0 Å². The SMILES string of the molecule is CCCC(N)=O.O=C(O)c1c(-c2ccsc2)noc1NS(=O)(=O)c1ccccc1. The molecule has 29 heavy (non-hydrogen) atoms. The predicted octanol–water partition coefficient (Wildman–Crippen LogP) is 3.17. The minimum absolute atomic E-state index is 0.00942. The lowest BCUT2D eigenvalue weighted by Gasteiger charge is -2.05. The lowest BCUT2D eigenvalue weighted by molar-refractivity contribution is -0.118. The van der Waals surface area contributed by atoms with Crippen LogP contribution in [0.4, 0.5) is 5.88 Å². The fourth-order valence-corrected chi connectivity index (χ4v) is 3.84. The second-order valence-corrected chi connectivity index (χ2v) is 8.15. The van der Waals surface area contributed by atoms with Crippen molar-refractivity contribution in [1.29, 1.82) is 0 Å². The lowest BCUT2D eigenvalue weighted by atomic mass is 10.1. The molecule has 0 atom stereocenters. The number of amides is 1. The first kappa shape index (κ1) is 22.1. The second-order valence-electron chi connectivity index (χ2n) is 5.69. The van der Waals surface area contributed by atoms with Gasteiger partial charge in [0, 0.05) is 17.4 Å². The molecule has 9 nitrogen and oxygen atoms in total. The van der Waals surface area contributed by atoms with E-state index in [9.17, 15) is 23.1 Å². The van der Waals surface area contributed by atoms with E-state index in [2.05, 4.69) is 9.88 Å². The molecule has 11 heteroatoms. The summed E-state index contributed by atoms with van der Waals surface area (Å²) in [4.78, 5) is 21.3. The first-order valence-corrected chi connectivity index (χ1v) is 10.8. The average Bonchev–Trinajstić information content (AvgIpc) is 3.32. The normalized spacial score (nSPS) is 10.7. The molecule has 1 aromatic carbocycles. The van der Waals surface area contributed by atoms with Crippen LogP contribution in [0.1, 0.15) is 30.1 Å². The number of carboxylic acid groups (broad SMARTS) is 1. The highest BCUT2D eigenvalue weighted by Crippen LogP contribution is 2.31. The zero-order valence-corrected chi connectivity index (χ0v) is 17.0. The Morgan fingerprint density at radius 2 is 1.93 bits per heavy atom. The van der Waals surface area contributed by atoms with Gasteiger partial charge in [0.25, 0.3) is 15.9 Å². The van der Waals surface area contributed by atoms with Crippen molar-refractivity contribution in [3.8, 4) is 11.3 Å². The van der Waals surface area contributed by atoms with Gasteiger partial charge in [-0.2, -0.15) is 11.3 Å². The summed E-state index contributed by atoms with van der Waals surface area (Å²) in [6.45, 7) is 1.92. The third-order valence-corrected chi connectivity index (χ3v) is 5.51. The number of hydrogen-bond donors (Lipinski definition) is 3. The molecule has 0 aliphatic rings. The molecule has 0 saturated heterocycles. The van der Waals surface area contributed by atoms with E-state index in [1.165, 1.54) is 23.5 Å². The van der Waals surface area contributed by atoms with Crippen LogP contribution >= 0.6 is 11.3 Å². The Balaban J connectivity index is 0.000000438. The predicted molar refractivity (Wildman–Crippen MR) is 108 cm³/mol. The van der Waals surface area contributed by atoms with Crippen molar-refractivity contribution in [3.63, 3.8) is 0 Å². The van der Waals surface area contributed by atoms with Gasteiger partial charge in [0.05, 0.1) is 4.90 Å². The van der Waals surface area contributed by atoms with Gasteiger partial charge in [-0.25, -0.2) is 17.9 Å². The smallest absolute Gasteiger partial charge is 0.343 e. The minimum Gasteiger partial charge on any atom is -0.477 e. The number of anilines is 1. The molecule has 0 aliphatic heterocycles. The van der Waals surface area contributed by atoms with Crippen molar-refractivity contribution < 1.29 is 27.6 Å². The zero-order chi connectivity index (χ0) is 21.4. The van der Waals surface area contributed by atoms with Crippen LogP contribution in [-0.2, 0) is 14.8 Å². The van der Waals surface area contributed by atoms with E-state index < -0.39 is 21.9 Å². The van der Waals surface area contributed by atoms with Gasteiger partial charge in [0.2, 0.25) is 5.91 Å². The number of carbonyl (C=O) groups excluding carboxylic acids is 1. The van der Waals surface area contributed by atoms with E-state index in [0.29, 0.717) is 12.0 Å². The maximum absolute atomic E-state index is 12.3. The molecule has 0 aliphatic carbocycles. The van der Waals surface area contributed by atoms with Crippen LogP contribution in [-0.4, -0.2) is 30.6 Å². The fourth-order valence-electron chi connectivity index (χ4n) is 2.18. The number of rotatable bonds is 7. The van der Waals surface area contributed by atoms with Crippen molar-refractivity contribution in [3.05, 3.63) is 52.7 Å². The van der Waals surface area contributed by atoms with Gasteiger partial charge in [0.15, 0.2) is 5.56 Å².